The molecular formula is C12H19ClN2O2S. The minimum Gasteiger partial charge on any atom is -0.399 e. The number of sulfonamides is 1. The van der Waals surface area contributed by atoms with E-state index in [4.69, 9.17) is 17.3 Å². The Bertz CT molecular complexity index is 521. The van der Waals surface area contributed by atoms with E-state index >= 15 is 0 Å². The van der Waals surface area contributed by atoms with E-state index in [1.165, 1.54) is 6.07 Å². The van der Waals surface area contributed by atoms with Crippen molar-refractivity contribution >= 4 is 33.0 Å². The molecule has 1 aromatic rings. The summed E-state index contributed by atoms with van der Waals surface area (Å²) in [6.07, 6.45) is 0.572. The van der Waals surface area contributed by atoms with Crippen molar-refractivity contribution in [3.8, 4) is 0 Å². The lowest BCUT2D eigenvalue weighted by atomic mass is 9.94. The molecule has 0 spiro atoms. The Balaban J connectivity index is 2.80. The number of nitrogens with one attached hydrogen (secondary N) is 1. The van der Waals surface area contributed by atoms with Gasteiger partial charge in [0.15, 0.2) is 0 Å². The van der Waals surface area contributed by atoms with Crippen LogP contribution >= 0.6 is 11.6 Å². The number of nitrogens with two attached hydrogens (primary N) is 1. The third-order valence-corrected chi connectivity index (χ3v) is 3.98. The summed E-state index contributed by atoms with van der Waals surface area (Å²) in [5.41, 5.74) is 6.35. The Hall–Kier alpha value is -0.940. The predicted octanol–water partition coefficient (Wildman–Crippen LogP) is 3.10. The number of benzene rings is 1. The Morgan fingerprint density at radius 2 is 1.94 bits per heavy atom. The normalized spacial score (nSPS) is 12.4. The second kappa shape index (κ2) is 5.36. The van der Waals surface area contributed by atoms with Gasteiger partial charge in [0.25, 0.3) is 0 Å². The molecule has 0 aromatic heterocycles. The van der Waals surface area contributed by atoms with E-state index in [9.17, 15) is 8.42 Å². The van der Waals surface area contributed by atoms with E-state index in [0.29, 0.717) is 22.8 Å². The van der Waals surface area contributed by atoms with Crippen LogP contribution in [0.4, 0.5) is 11.4 Å². The highest BCUT2D eigenvalue weighted by Crippen LogP contribution is 2.26. The van der Waals surface area contributed by atoms with Gasteiger partial charge in [-0.2, -0.15) is 0 Å². The van der Waals surface area contributed by atoms with Crippen LogP contribution < -0.4 is 10.5 Å². The third kappa shape index (κ3) is 5.14. The molecule has 6 heteroatoms. The van der Waals surface area contributed by atoms with Crippen LogP contribution in [0.1, 0.15) is 27.2 Å². The maximum atomic E-state index is 11.9. The SMILES string of the molecule is CC(C)(C)CCS(=O)(=O)Nc1cc(N)ccc1Cl. The number of nitrogen functional groups attached to an aromatic ring is 1. The van der Waals surface area contributed by atoms with E-state index in [2.05, 4.69) is 4.72 Å². The molecule has 0 amide bonds. The van der Waals surface area contributed by atoms with E-state index in [-0.39, 0.29) is 11.2 Å². The van der Waals surface area contributed by atoms with E-state index < -0.39 is 10.0 Å². The van der Waals surface area contributed by atoms with Crippen molar-refractivity contribution in [2.24, 2.45) is 5.41 Å². The highest BCUT2D eigenvalue weighted by Gasteiger charge is 2.18. The molecule has 102 valence electrons. The summed E-state index contributed by atoms with van der Waals surface area (Å²) in [6.45, 7) is 5.99. The molecule has 0 unspecified atom stereocenters. The van der Waals surface area contributed by atoms with Gasteiger partial charge in [0, 0.05) is 5.69 Å². The van der Waals surface area contributed by atoms with Gasteiger partial charge in [-0.1, -0.05) is 32.4 Å². The summed E-state index contributed by atoms with van der Waals surface area (Å²) in [6, 6.07) is 4.70. The van der Waals surface area contributed by atoms with Crippen LogP contribution in [0.15, 0.2) is 18.2 Å². The zero-order valence-electron chi connectivity index (χ0n) is 10.8. The van der Waals surface area contributed by atoms with Gasteiger partial charge in [-0.05, 0) is 30.0 Å². The zero-order valence-corrected chi connectivity index (χ0v) is 12.4. The summed E-state index contributed by atoms with van der Waals surface area (Å²) in [5.74, 6) is 0.0572. The first-order valence-electron chi connectivity index (χ1n) is 5.65. The van der Waals surface area contributed by atoms with Crippen molar-refractivity contribution in [3.63, 3.8) is 0 Å². The summed E-state index contributed by atoms with van der Waals surface area (Å²) in [7, 11) is -3.40. The van der Waals surface area contributed by atoms with Gasteiger partial charge in [0.05, 0.1) is 16.5 Å². The van der Waals surface area contributed by atoms with Crippen LogP contribution in [-0.2, 0) is 10.0 Å². The molecule has 0 fully saturated rings. The number of rotatable bonds is 4. The molecule has 0 saturated heterocycles. The fraction of sp³-hybridized carbons (Fsp3) is 0.500. The fourth-order valence-electron chi connectivity index (χ4n) is 1.28. The molecule has 0 atom stereocenters. The molecule has 18 heavy (non-hydrogen) atoms. The van der Waals surface area contributed by atoms with Crippen molar-refractivity contribution in [3.05, 3.63) is 23.2 Å². The summed E-state index contributed by atoms with van der Waals surface area (Å²) >= 11 is 5.91. The molecule has 3 N–H and O–H groups in total. The summed E-state index contributed by atoms with van der Waals surface area (Å²) < 4.78 is 26.3. The number of hydrogen-bond donors (Lipinski definition) is 2. The van der Waals surface area contributed by atoms with Crippen LogP contribution in [0, 0.1) is 5.41 Å². The molecule has 4 nitrogen and oxygen atoms in total. The minimum atomic E-state index is -3.40. The van der Waals surface area contributed by atoms with E-state index in [0.717, 1.165) is 0 Å². The molecular weight excluding hydrogens is 272 g/mol. The third-order valence-electron chi connectivity index (χ3n) is 2.38. The largest absolute Gasteiger partial charge is 0.399 e. The van der Waals surface area contributed by atoms with Crippen molar-refractivity contribution in [1.82, 2.24) is 0 Å². The molecule has 0 aliphatic heterocycles. The summed E-state index contributed by atoms with van der Waals surface area (Å²) in [5, 5.41) is 0.337. The van der Waals surface area contributed by atoms with Crippen molar-refractivity contribution in [1.29, 1.82) is 0 Å². The van der Waals surface area contributed by atoms with Crippen LogP contribution in [-0.4, -0.2) is 14.2 Å². The van der Waals surface area contributed by atoms with Crippen LogP contribution in [0.2, 0.25) is 5.02 Å². The molecule has 0 saturated carbocycles. The first-order valence-corrected chi connectivity index (χ1v) is 7.68. The van der Waals surface area contributed by atoms with E-state index in [1.54, 1.807) is 12.1 Å². The molecule has 0 radical (unpaired) electrons. The topological polar surface area (TPSA) is 72.2 Å². The first-order chi connectivity index (χ1) is 8.09. The minimum absolute atomic E-state index is 0.0335. The van der Waals surface area contributed by atoms with Gasteiger partial charge in [-0.15, -0.1) is 0 Å². The molecule has 0 heterocycles. The lowest BCUT2D eigenvalue weighted by molar-refractivity contribution is 0.397. The second-order valence-electron chi connectivity index (χ2n) is 5.47. The standard InChI is InChI=1S/C12H19ClN2O2S/c1-12(2,3)6-7-18(16,17)15-11-8-9(14)4-5-10(11)13/h4-5,8,15H,6-7,14H2,1-3H3. The Morgan fingerprint density at radius 1 is 1.33 bits per heavy atom. The number of halogens is 1. The van der Waals surface area contributed by atoms with Gasteiger partial charge >= 0.3 is 0 Å². The molecule has 1 rings (SSSR count). The van der Waals surface area contributed by atoms with Crippen molar-refractivity contribution < 1.29 is 8.42 Å². The Kier molecular flexibility index (Phi) is 4.50. The van der Waals surface area contributed by atoms with E-state index in [1.807, 2.05) is 20.8 Å². The fourth-order valence-corrected chi connectivity index (χ4v) is 2.99. The van der Waals surface area contributed by atoms with Gasteiger partial charge in [0.1, 0.15) is 0 Å². The quantitative estimate of drug-likeness (QED) is 0.837. The smallest absolute Gasteiger partial charge is 0.232 e. The zero-order chi connectivity index (χ0) is 14.0. The van der Waals surface area contributed by atoms with Crippen molar-refractivity contribution in [2.75, 3.05) is 16.2 Å². The van der Waals surface area contributed by atoms with Gasteiger partial charge in [-0.3, -0.25) is 4.72 Å². The Labute approximate surface area is 114 Å². The molecule has 0 aliphatic rings. The number of anilines is 2. The highest BCUT2D eigenvalue weighted by atomic mass is 35.5. The maximum absolute atomic E-state index is 11.9. The molecule has 1 aromatic carbocycles. The Morgan fingerprint density at radius 3 is 2.50 bits per heavy atom. The second-order valence-corrected chi connectivity index (χ2v) is 7.72. The monoisotopic (exact) mass is 290 g/mol. The van der Waals surface area contributed by atoms with Gasteiger partial charge in [0.2, 0.25) is 10.0 Å². The molecule has 0 aliphatic carbocycles. The maximum Gasteiger partial charge on any atom is 0.232 e. The lowest BCUT2D eigenvalue weighted by Gasteiger charge is -2.18. The highest BCUT2D eigenvalue weighted by molar-refractivity contribution is 7.92. The first kappa shape index (κ1) is 15.1. The molecule has 0 bridgehead atoms. The average molecular weight is 291 g/mol. The predicted molar refractivity (Wildman–Crippen MR) is 77.3 cm³/mol. The van der Waals surface area contributed by atoms with Crippen LogP contribution in [0.25, 0.3) is 0 Å². The van der Waals surface area contributed by atoms with Gasteiger partial charge < -0.3 is 5.73 Å². The van der Waals surface area contributed by atoms with Crippen LogP contribution in [0.3, 0.4) is 0 Å². The lowest BCUT2D eigenvalue weighted by Crippen LogP contribution is -2.21. The summed E-state index contributed by atoms with van der Waals surface area (Å²) in [4.78, 5) is 0. The average Bonchev–Trinajstić information content (AvgIpc) is 2.20. The van der Waals surface area contributed by atoms with Gasteiger partial charge in [-0.25, -0.2) is 8.42 Å². The van der Waals surface area contributed by atoms with Crippen LogP contribution in [0.5, 0.6) is 0 Å². The van der Waals surface area contributed by atoms with Crippen molar-refractivity contribution in [2.45, 2.75) is 27.2 Å². The number of hydrogen-bond acceptors (Lipinski definition) is 3.